The number of amides is 1. The van der Waals surface area contributed by atoms with Crippen LogP contribution in [0, 0.1) is 11.3 Å². The molecule has 0 N–H and O–H groups in total. The summed E-state index contributed by atoms with van der Waals surface area (Å²) in [4.78, 5) is 14.4. The molecule has 1 aromatic carbocycles. The van der Waals surface area contributed by atoms with Gasteiger partial charge in [-0.3, -0.25) is 4.79 Å². The molecule has 1 aromatic heterocycles. The van der Waals surface area contributed by atoms with Crippen molar-refractivity contribution in [3.05, 3.63) is 47.2 Å². The van der Waals surface area contributed by atoms with Gasteiger partial charge in [0, 0.05) is 30.5 Å². The molecule has 2 heterocycles. The van der Waals surface area contributed by atoms with Gasteiger partial charge in [-0.15, -0.1) is 10.2 Å². The van der Waals surface area contributed by atoms with Crippen LogP contribution in [-0.4, -0.2) is 34.1 Å². The van der Waals surface area contributed by atoms with E-state index in [1.54, 1.807) is 24.3 Å². The van der Waals surface area contributed by atoms with Gasteiger partial charge < -0.3 is 9.32 Å². The van der Waals surface area contributed by atoms with Crippen LogP contribution in [0.5, 0.6) is 0 Å². The fraction of sp³-hybridized carbons (Fsp3) is 0.444. The molecule has 6 nitrogen and oxygen atoms in total. The molecule has 1 saturated carbocycles. The van der Waals surface area contributed by atoms with E-state index in [-0.39, 0.29) is 11.8 Å². The second-order valence-electron chi connectivity index (χ2n) is 6.51. The third-order valence-electron chi connectivity index (χ3n) is 4.75. The van der Waals surface area contributed by atoms with Crippen molar-refractivity contribution in [2.75, 3.05) is 13.1 Å². The Morgan fingerprint density at radius 3 is 2.42 bits per heavy atom. The first-order chi connectivity index (χ1) is 11.7. The van der Waals surface area contributed by atoms with Gasteiger partial charge in [0.15, 0.2) is 0 Å². The number of nitriles is 1. The normalized spacial score (nSPS) is 18.4. The van der Waals surface area contributed by atoms with Gasteiger partial charge in [-0.2, -0.15) is 5.26 Å². The first-order valence-corrected chi connectivity index (χ1v) is 8.37. The smallest absolute Gasteiger partial charge is 0.253 e. The van der Waals surface area contributed by atoms with Crippen LogP contribution in [0.3, 0.4) is 0 Å². The van der Waals surface area contributed by atoms with Gasteiger partial charge in [0.2, 0.25) is 11.8 Å². The summed E-state index contributed by atoms with van der Waals surface area (Å²) in [6.45, 7) is 1.34. The average molecular weight is 322 g/mol. The lowest BCUT2D eigenvalue weighted by molar-refractivity contribution is 0.0706. The average Bonchev–Trinajstić information content (AvgIpc) is 3.38. The van der Waals surface area contributed by atoms with Crippen LogP contribution < -0.4 is 0 Å². The van der Waals surface area contributed by atoms with Crippen molar-refractivity contribution in [3.8, 4) is 6.07 Å². The number of hydrogen-bond acceptors (Lipinski definition) is 5. The van der Waals surface area contributed by atoms with E-state index in [1.165, 1.54) is 0 Å². The summed E-state index contributed by atoms with van der Waals surface area (Å²) < 4.78 is 5.80. The Kier molecular flexibility index (Phi) is 3.77. The lowest BCUT2D eigenvalue weighted by Gasteiger charge is -2.30. The van der Waals surface area contributed by atoms with Crippen molar-refractivity contribution in [2.45, 2.75) is 37.5 Å². The number of aromatic nitrogens is 2. The van der Waals surface area contributed by atoms with E-state index >= 15 is 0 Å². The lowest BCUT2D eigenvalue weighted by Crippen LogP contribution is -2.38. The number of carbonyl (C=O) groups excluding carboxylic acids is 1. The van der Waals surface area contributed by atoms with Crippen molar-refractivity contribution >= 4 is 5.91 Å². The van der Waals surface area contributed by atoms with E-state index < -0.39 is 0 Å². The van der Waals surface area contributed by atoms with Gasteiger partial charge in [0.25, 0.3) is 5.91 Å². The fourth-order valence-electron chi connectivity index (χ4n) is 3.14. The summed E-state index contributed by atoms with van der Waals surface area (Å²) in [5, 5.41) is 17.3. The minimum atomic E-state index is -0.0188. The summed E-state index contributed by atoms with van der Waals surface area (Å²) in [5.41, 5.74) is 1.08. The zero-order chi connectivity index (χ0) is 16.5. The molecule has 0 bridgehead atoms. The van der Waals surface area contributed by atoms with Crippen molar-refractivity contribution in [1.29, 1.82) is 5.26 Å². The van der Waals surface area contributed by atoms with Gasteiger partial charge in [0.1, 0.15) is 0 Å². The Bertz CT molecular complexity index is 795. The zero-order valence-electron chi connectivity index (χ0n) is 13.3. The minimum Gasteiger partial charge on any atom is -0.425 e. The molecule has 1 aliphatic heterocycles. The molecule has 0 radical (unpaired) electrons. The summed E-state index contributed by atoms with van der Waals surface area (Å²) in [7, 11) is 0. The van der Waals surface area contributed by atoms with Gasteiger partial charge in [-0.1, -0.05) is 6.07 Å². The van der Waals surface area contributed by atoms with Crippen LogP contribution in [-0.2, 0) is 0 Å². The number of likely N-dealkylation sites (tertiary alicyclic amines) is 1. The highest BCUT2D eigenvalue weighted by molar-refractivity contribution is 5.94. The SMILES string of the molecule is N#Cc1cccc(C(=O)N2CCC(c3nnc(C4CC4)o3)CC2)c1. The lowest BCUT2D eigenvalue weighted by atomic mass is 9.96. The van der Waals surface area contributed by atoms with Gasteiger partial charge in [-0.05, 0) is 43.9 Å². The Hall–Kier alpha value is -2.68. The molecule has 2 aromatic rings. The number of benzene rings is 1. The topological polar surface area (TPSA) is 83.0 Å². The van der Waals surface area contributed by atoms with Gasteiger partial charge in [-0.25, -0.2) is 0 Å². The summed E-state index contributed by atoms with van der Waals surface area (Å²) in [6.07, 6.45) is 3.96. The quantitative estimate of drug-likeness (QED) is 0.867. The summed E-state index contributed by atoms with van der Waals surface area (Å²) in [5.74, 6) is 2.18. The monoisotopic (exact) mass is 322 g/mol. The summed E-state index contributed by atoms with van der Waals surface area (Å²) in [6, 6.07) is 8.93. The van der Waals surface area contributed by atoms with Crippen LogP contribution in [0.15, 0.2) is 28.7 Å². The molecule has 2 aliphatic rings. The standard InChI is InChI=1S/C18H18N4O2/c19-11-12-2-1-3-15(10-12)18(23)22-8-6-14(7-9-22)17-21-20-16(24-17)13-4-5-13/h1-3,10,13-14H,4-9H2. The molecule has 4 rings (SSSR count). The van der Waals surface area contributed by atoms with Gasteiger partial charge in [0.05, 0.1) is 11.6 Å². The number of piperidine rings is 1. The third-order valence-corrected chi connectivity index (χ3v) is 4.75. The molecule has 1 saturated heterocycles. The van der Waals surface area contributed by atoms with Gasteiger partial charge >= 0.3 is 0 Å². The maximum atomic E-state index is 12.6. The summed E-state index contributed by atoms with van der Waals surface area (Å²) >= 11 is 0. The van der Waals surface area contributed by atoms with Crippen molar-refractivity contribution < 1.29 is 9.21 Å². The Morgan fingerprint density at radius 1 is 1.12 bits per heavy atom. The Labute approximate surface area is 140 Å². The highest BCUT2D eigenvalue weighted by atomic mass is 16.4. The minimum absolute atomic E-state index is 0.0188. The number of hydrogen-bond donors (Lipinski definition) is 0. The maximum absolute atomic E-state index is 12.6. The molecule has 0 atom stereocenters. The second kappa shape index (κ2) is 6.08. The molecule has 24 heavy (non-hydrogen) atoms. The predicted molar refractivity (Wildman–Crippen MR) is 85.3 cm³/mol. The molecule has 2 fully saturated rings. The third kappa shape index (κ3) is 2.90. The van der Waals surface area contributed by atoms with Crippen LogP contribution in [0.25, 0.3) is 0 Å². The Balaban J connectivity index is 1.39. The zero-order valence-corrected chi connectivity index (χ0v) is 13.3. The van der Waals surface area contributed by atoms with Crippen LogP contribution >= 0.6 is 0 Å². The van der Waals surface area contributed by atoms with Crippen LogP contribution in [0.4, 0.5) is 0 Å². The fourth-order valence-corrected chi connectivity index (χ4v) is 3.14. The van der Waals surface area contributed by atoms with Crippen molar-refractivity contribution in [1.82, 2.24) is 15.1 Å². The van der Waals surface area contributed by atoms with E-state index in [2.05, 4.69) is 16.3 Å². The first kappa shape index (κ1) is 14.9. The second-order valence-corrected chi connectivity index (χ2v) is 6.51. The number of rotatable bonds is 3. The molecule has 0 unspecified atom stereocenters. The highest BCUT2D eigenvalue weighted by Crippen LogP contribution is 2.40. The molecule has 0 spiro atoms. The maximum Gasteiger partial charge on any atom is 0.253 e. The molecule has 1 aliphatic carbocycles. The van der Waals surface area contributed by atoms with Crippen molar-refractivity contribution in [3.63, 3.8) is 0 Å². The molecular weight excluding hydrogens is 304 g/mol. The van der Waals surface area contributed by atoms with E-state index in [1.807, 2.05) is 4.90 Å². The molecule has 122 valence electrons. The number of carbonyl (C=O) groups is 1. The predicted octanol–water partition coefficient (Wildman–Crippen LogP) is 2.84. The highest BCUT2D eigenvalue weighted by Gasteiger charge is 2.32. The van der Waals surface area contributed by atoms with Crippen molar-refractivity contribution in [2.24, 2.45) is 0 Å². The van der Waals surface area contributed by atoms with E-state index in [0.717, 1.165) is 37.5 Å². The number of nitrogens with zero attached hydrogens (tertiary/aromatic N) is 4. The van der Waals surface area contributed by atoms with E-state index in [9.17, 15) is 4.79 Å². The van der Waals surface area contributed by atoms with E-state index in [4.69, 9.17) is 9.68 Å². The van der Waals surface area contributed by atoms with Crippen LogP contribution in [0.2, 0.25) is 0 Å². The molecular formula is C18H18N4O2. The largest absolute Gasteiger partial charge is 0.425 e. The first-order valence-electron chi connectivity index (χ1n) is 8.37. The molecule has 1 amide bonds. The van der Waals surface area contributed by atoms with E-state index in [0.29, 0.717) is 30.1 Å². The Morgan fingerprint density at radius 2 is 1.79 bits per heavy atom. The van der Waals surface area contributed by atoms with Crippen LogP contribution in [0.1, 0.15) is 65.2 Å². The molecule has 6 heteroatoms.